The van der Waals surface area contributed by atoms with Crippen LogP contribution in [0.25, 0.3) is 17.4 Å². The smallest absolute Gasteiger partial charge is 0.338 e. The first-order valence-corrected chi connectivity index (χ1v) is 13.5. The Balaban J connectivity index is 1.45. The molecule has 0 amide bonds. The number of hydrogen-bond acceptors (Lipinski definition) is 9. The normalized spacial score (nSPS) is 16.0. The van der Waals surface area contributed by atoms with Crippen molar-refractivity contribution in [2.45, 2.75) is 26.8 Å². The van der Waals surface area contributed by atoms with Crippen molar-refractivity contribution < 1.29 is 33.6 Å². The number of allylic oxidation sites excluding steroid dienone is 1. The van der Waals surface area contributed by atoms with Gasteiger partial charge >= 0.3 is 11.7 Å². The second kappa shape index (κ2) is 10.2. The zero-order valence-electron chi connectivity index (χ0n) is 22.2. The van der Waals surface area contributed by atoms with Crippen LogP contribution in [0.15, 0.2) is 74.0 Å². The average Bonchev–Trinajstić information content (AvgIpc) is 3.67. The summed E-state index contributed by atoms with van der Waals surface area (Å²) in [5.41, 5.74) is 2.29. The summed E-state index contributed by atoms with van der Waals surface area (Å²) in [6.45, 7) is 5.40. The minimum absolute atomic E-state index is 0.0886. The second-order valence-electron chi connectivity index (χ2n) is 9.39. The van der Waals surface area contributed by atoms with Gasteiger partial charge in [0.15, 0.2) is 16.3 Å². The lowest BCUT2D eigenvalue weighted by Gasteiger charge is -2.24. The molecule has 0 bridgehead atoms. The maximum atomic E-state index is 13.8. The van der Waals surface area contributed by atoms with Crippen LogP contribution >= 0.6 is 11.3 Å². The lowest BCUT2D eigenvalue weighted by atomic mass is 9.95. The molecule has 0 fully saturated rings. The second-order valence-corrected chi connectivity index (χ2v) is 10.4. The van der Waals surface area contributed by atoms with Gasteiger partial charge in [0.25, 0.3) is 10.5 Å². The molecule has 0 saturated carbocycles. The third-order valence-corrected chi connectivity index (χ3v) is 7.81. The molecular formula is C29H24N3O8S+. The van der Waals surface area contributed by atoms with Crippen LogP contribution in [0.3, 0.4) is 0 Å². The predicted molar refractivity (Wildman–Crippen MR) is 147 cm³/mol. The Labute approximate surface area is 236 Å². The van der Waals surface area contributed by atoms with Crippen LogP contribution < -0.4 is 24.4 Å². The topological polar surface area (TPSA) is 133 Å². The molecule has 2 aliphatic heterocycles. The van der Waals surface area contributed by atoms with Gasteiger partial charge in [0.1, 0.15) is 11.5 Å². The summed E-state index contributed by atoms with van der Waals surface area (Å²) < 4.78 is 24.1. The van der Waals surface area contributed by atoms with E-state index in [4.69, 9.17) is 18.6 Å². The SMILES string of the molecule is CCOC(=O)C1=C(C)N=c2s/c(=C\c3ccc(-c4ccc(C)c([N+](=O)O)c4)o3)c(=O)n2C1c1ccc2c(c1)OCO2. The molecule has 1 atom stereocenters. The van der Waals surface area contributed by atoms with Gasteiger partial charge in [0, 0.05) is 23.3 Å². The number of fused-ring (bicyclic) bond motifs is 2. The maximum Gasteiger partial charge on any atom is 0.338 e. The van der Waals surface area contributed by atoms with Crippen LogP contribution in [0.1, 0.15) is 36.8 Å². The van der Waals surface area contributed by atoms with E-state index >= 15 is 0 Å². The summed E-state index contributed by atoms with van der Waals surface area (Å²) in [6.07, 6.45) is 1.61. The van der Waals surface area contributed by atoms with Crippen molar-refractivity contribution in [1.82, 2.24) is 4.57 Å². The molecule has 0 spiro atoms. The fourth-order valence-corrected chi connectivity index (χ4v) is 5.90. The molecule has 0 aliphatic carbocycles. The van der Waals surface area contributed by atoms with Crippen LogP contribution in [0.4, 0.5) is 5.69 Å². The average molecular weight is 575 g/mol. The number of furan rings is 1. The van der Waals surface area contributed by atoms with Gasteiger partial charge < -0.3 is 18.6 Å². The standard InChI is InChI=1S/C29H24N3O8S/c1-4-37-28(34)25-16(3)30-29-31(26(25)18-7-9-22-23(12-18)39-14-38-22)27(33)24(41-29)13-19-8-10-21(40-19)17-6-5-15(2)20(11-17)32(35)36/h5-13,26H,4,14H2,1-3H3,(H,35,36)/q+1/b24-13-. The van der Waals surface area contributed by atoms with Crippen molar-refractivity contribution in [2.24, 2.45) is 4.99 Å². The Morgan fingerprint density at radius 3 is 2.76 bits per heavy atom. The number of nitrogens with zero attached hydrogens (tertiary/aromatic N) is 3. The minimum atomic E-state index is -0.798. The first-order valence-electron chi connectivity index (χ1n) is 12.7. The van der Waals surface area contributed by atoms with Crippen molar-refractivity contribution >= 4 is 29.1 Å². The van der Waals surface area contributed by atoms with Gasteiger partial charge in [-0.25, -0.2) is 15.0 Å². The van der Waals surface area contributed by atoms with Gasteiger partial charge in [0.05, 0.1) is 33.4 Å². The van der Waals surface area contributed by atoms with Crippen LogP contribution in [0, 0.1) is 11.8 Å². The number of hydrogen-bond donors (Lipinski definition) is 1. The molecule has 4 heterocycles. The molecule has 1 unspecified atom stereocenters. The lowest BCUT2D eigenvalue weighted by molar-refractivity contribution is -0.730. The molecule has 11 nitrogen and oxygen atoms in total. The fraction of sp³-hybridized carbons (Fsp3) is 0.207. The molecule has 2 aromatic carbocycles. The van der Waals surface area contributed by atoms with Crippen LogP contribution in [0.5, 0.6) is 11.5 Å². The van der Waals surface area contributed by atoms with Gasteiger partial charge in [-0.1, -0.05) is 29.5 Å². The van der Waals surface area contributed by atoms with E-state index in [9.17, 15) is 19.7 Å². The van der Waals surface area contributed by atoms with Gasteiger partial charge in [-0.2, -0.15) is 0 Å². The summed E-state index contributed by atoms with van der Waals surface area (Å²) in [5, 5.41) is 9.39. The molecule has 0 radical (unpaired) electrons. The Morgan fingerprint density at radius 1 is 1.17 bits per heavy atom. The maximum absolute atomic E-state index is 13.8. The number of benzene rings is 2. The lowest BCUT2D eigenvalue weighted by Crippen LogP contribution is -2.39. The summed E-state index contributed by atoms with van der Waals surface area (Å²) in [7, 11) is 0. The van der Waals surface area contributed by atoms with E-state index in [1.165, 1.54) is 22.0 Å². The number of aryl methyl sites for hydroxylation is 1. The first kappa shape index (κ1) is 26.3. The van der Waals surface area contributed by atoms with E-state index in [1.807, 2.05) is 0 Å². The molecule has 2 aromatic heterocycles. The molecule has 0 saturated heterocycles. The van der Waals surface area contributed by atoms with Crippen molar-refractivity contribution in [1.29, 1.82) is 0 Å². The fourth-order valence-electron chi connectivity index (χ4n) is 4.87. The number of aromatic nitrogens is 1. The van der Waals surface area contributed by atoms with Crippen molar-refractivity contribution in [3.05, 3.63) is 101 Å². The van der Waals surface area contributed by atoms with Gasteiger partial charge in [-0.05, 0) is 50.6 Å². The molecule has 1 N–H and O–H groups in total. The molecule has 12 heteroatoms. The Morgan fingerprint density at radius 2 is 1.98 bits per heavy atom. The molecule has 208 valence electrons. The number of carbonyl (C=O) groups excluding carboxylic acids is 1. The van der Waals surface area contributed by atoms with E-state index < -0.39 is 12.0 Å². The summed E-state index contributed by atoms with van der Waals surface area (Å²) >= 11 is 1.17. The van der Waals surface area contributed by atoms with Crippen LogP contribution in [0.2, 0.25) is 0 Å². The highest BCUT2D eigenvalue weighted by molar-refractivity contribution is 7.07. The Hall–Kier alpha value is -4.97. The first-order chi connectivity index (χ1) is 19.7. The largest absolute Gasteiger partial charge is 0.463 e. The highest BCUT2D eigenvalue weighted by Gasteiger charge is 2.34. The van der Waals surface area contributed by atoms with Gasteiger partial charge in [0.2, 0.25) is 6.79 Å². The summed E-state index contributed by atoms with van der Waals surface area (Å²) in [5.74, 6) is 1.39. The number of ether oxygens (including phenoxy) is 3. The van der Waals surface area contributed by atoms with E-state index in [-0.39, 0.29) is 35.1 Å². The van der Waals surface area contributed by atoms with E-state index in [0.717, 1.165) is 0 Å². The Kier molecular flexibility index (Phi) is 6.54. The zero-order chi connectivity index (χ0) is 28.8. The van der Waals surface area contributed by atoms with Crippen LogP contribution in [-0.4, -0.2) is 34.1 Å². The monoisotopic (exact) mass is 574 g/mol. The van der Waals surface area contributed by atoms with Crippen molar-refractivity contribution in [3.8, 4) is 22.8 Å². The Bertz CT molecular complexity index is 1950. The molecule has 41 heavy (non-hydrogen) atoms. The minimum Gasteiger partial charge on any atom is -0.463 e. The van der Waals surface area contributed by atoms with Crippen molar-refractivity contribution in [2.75, 3.05) is 13.4 Å². The third-order valence-electron chi connectivity index (χ3n) is 6.83. The van der Waals surface area contributed by atoms with Gasteiger partial charge in [-0.15, -0.1) is 0 Å². The summed E-state index contributed by atoms with van der Waals surface area (Å²) in [6, 6.07) is 12.9. The highest BCUT2D eigenvalue weighted by atomic mass is 32.1. The number of esters is 1. The third kappa shape index (κ3) is 4.61. The van der Waals surface area contributed by atoms with Crippen molar-refractivity contribution in [3.63, 3.8) is 0 Å². The highest BCUT2D eigenvalue weighted by Crippen LogP contribution is 2.38. The summed E-state index contributed by atoms with van der Waals surface area (Å²) in [4.78, 5) is 43.2. The number of thiazole rings is 1. The van der Waals surface area contributed by atoms with Crippen LogP contribution in [-0.2, 0) is 9.53 Å². The molecule has 6 rings (SSSR count). The van der Waals surface area contributed by atoms with Gasteiger partial charge in [-0.3, -0.25) is 9.36 Å². The molecule has 4 aromatic rings. The number of rotatable bonds is 6. The van der Waals surface area contributed by atoms with E-state index in [0.29, 0.717) is 54.7 Å². The quantitative estimate of drug-likeness (QED) is 0.271. The predicted octanol–water partition coefficient (Wildman–Crippen LogP) is 3.90. The molecule has 2 aliphatic rings. The van der Waals surface area contributed by atoms with E-state index in [1.54, 1.807) is 69.3 Å². The molecular weight excluding hydrogens is 550 g/mol. The number of carbonyl (C=O) groups is 1. The zero-order valence-corrected chi connectivity index (χ0v) is 23.1. The van der Waals surface area contributed by atoms with E-state index in [2.05, 4.69) is 4.99 Å².